The monoisotopic (exact) mass is 283 g/mol. The fourth-order valence-corrected chi connectivity index (χ4v) is 3.12. The number of aromatic nitrogens is 1. The molecule has 2 heterocycles. The predicted octanol–water partition coefficient (Wildman–Crippen LogP) is 3.69. The summed E-state index contributed by atoms with van der Waals surface area (Å²) in [6, 6.07) is 10.2. The first-order valence-electron chi connectivity index (χ1n) is 7.48. The summed E-state index contributed by atoms with van der Waals surface area (Å²) in [4.78, 5) is 4.42. The topological polar surface area (TPSA) is 42.4 Å². The Hall–Kier alpha value is -1.87. The van der Waals surface area contributed by atoms with Crippen LogP contribution < -0.4 is 4.74 Å². The molecule has 3 heteroatoms. The lowest BCUT2D eigenvalue weighted by Crippen LogP contribution is -2.17. The number of rotatable bonds is 3. The van der Waals surface area contributed by atoms with Crippen molar-refractivity contribution >= 4 is 0 Å². The molecule has 0 saturated heterocycles. The van der Waals surface area contributed by atoms with E-state index in [4.69, 9.17) is 4.74 Å². The lowest BCUT2D eigenvalue weighted by atomic mass is 9.87. The molecule has 3 rings (SSSR count). The Morgan fingerprint density at radius 2 is 2.14 bits per heavy atom. The molecule has 0 bridgehead atoms. The Morgan fingerprint density at radius 3 is 2.95 bits per heavy atom. The highest BCUT2D eigenvalue weighted by molar-refractivity contribution is 5.38. The third-order valence-electron chi connectivity index (χ3n) is 4.16. The summed E-state index contributed by atoms with van der Waals surface area (Å²) < 4.78 is 5.68. The van der Waals surface area contributed by atoms with Crippen LogP contribution in [0.4, 0.5) is 0 Å². The van der Waals surface area contributed by atoms with Gasteiger partial charge in [0.1, 0.15) is 5.75 Å². The van der Waals surface area contributed by atoms with Gasteiger partial charge in [0.2, 0.25) is 0 Å². The number of aryl methyl sites for hydroxylation is 2. The Morgan fingerprint density at radius 1 is 1.33 bits per heavy atom. The summed E-state index contributed by atoms with van der Waals surface area (Å²) in [6.07, 6.45) is 2.93. The molecule has 0 fully saturated rings. The maximum absolute atomic E-state index is 10.6. The van der Waals surface area contributed by atoms with Gasteiger partial charge in [-0.15, -0.1) is 0 Å². The molecule has 2 aromatic rings. The molecular weight excluding hydrogens is 262 g/mol. The number of benzene rings is 1. The van der Waals surface area contributed by atoms with Crippen LogP contribution in [0.2, 0.25) is 0 Å². The van der Waals surface area contributed by atoms with Crippen molar-refractivity contribution in [2.45, 2.75) is 38.7 Å². The lowest BCUT2D eigenvalue weighted by Gasteiger charge is -2.27. The van der Waals surface area contributed by atoms with Crippen LogP contribution in [0.15, 0.2) is 36.5 Å². The molecule has 3 nitrogen and oxygen atoms in total. The van der Waals surface area contributed by atoms with Crippen molar-refractivity contribution in [3.05, 3.63) is 58.9 Å². The smallest absolute Gasteiger partial charge is 0.122 e. The van der Waals surface area contributed by atoms with Crippen molar-refractivity contribution in [3.8, 4) is 5.75 Å². The number of para-hydroxylation sites is 1. The van der Waals surface area contributed by atoms with Crippen molar-refractivity contribution in [1.29, 1.82) is 0 Å². The molecule has 0 amide bonds. The van der Waals surface area contributed by atoms with Gasteiger partial charge >= 0.3 is 0 Å². The maximum Gasteiger partial charge on any atom is 0.122 e. The van der Waals surface area contributed by atoms with E-state index in [2.05, 4.69) is 17.1 Å². The Kier molecular flexibility index (Phi) is 3.93. The van der Waals surface area contributed by atoms with Crippen LogP contribution in [0, 0.1) is 13.8 Å². The van der Waals surface area contributed by atoms with E-state index in [1.54, 1.807) is 0 Å². The van der Waals surface area contributed by atoms with Gasteiger partial charge < -0.3 is 9.84 Å². The average Bonchev–Trinajstić information content (AvgIpc) is 2.47. The van der Waals surface area contributed by atoms with E-state index in [0.29, 0.717) is 18.9 Å². The summed E-state index contributed by atoms with van der Waals surface area (Å²) >= 11 is 0. The van der Waals surface area contributed by atoms with Crippen LogP contribution in [-0.2, 0) is 0 Å². The second-order valence-electron chi connectivity index (χ2n) is 5.84. The van der Waals surface area contributed by atoms with E-state index in [0.717, 1.165) is 29.0 Å². The first-order valence-corrected chi connectivity index (χ1v) is 7.48. The van der Waals surface area contributed by atoms with Gasteiger partial charge in [0.25, 0.3) is 0 Å². The molecule has 0 aliphatic carbocycles. The van der Waals surface area contributed by atoms with Crippen LogP contribution in [0.1, 0.15) is 47.2 Å². The van der Waals surface area contributed by atoms with Gasteiger partial charge in [0.15, 0.2) is 0 Å². The minimum atomic E-state index is -0.526. The van der Waals surface area contributed by atoms with Gasteiger partial charge in [-0.05, 0) is 55.4 Å². The number of nitrogens with zero attached hydrogens (tertiary/aromatic N) is 1. The van der Waals surface area contributed by atoms with Crippen molar-refractivity contribution in [2.24, 2.45) is 0 Å². The number of hydrogen-bond acceptors (Lipinski definition) is 3. The zero-order valence-corrected chi connectivity index (χ0v) is 12.5. The first kappa shape index (κ1) is 14.1. The van der Waals surface area contributed by atoms with Crippen molar-refractivity contribution < 1.29 is 9.84 Å². The minimum absolute atomic E-state index is 0.326. The van der Waals surface area contributed by atoms with Crippen LogP contribution in [0.3, 0.4) is 0 Å². The van der Waals surface area contributed by atoms with Gasteiger partial charge in [0.05, 0.1) is 18.4 Å². The zero-order valence-electron chi connectivity index (χ0n) is 12.5. The fourth-order valence-electron chi connectivity index (χ4n) is 3.12. The highest BCUT2D eigenvalue weighted by atomic mass is 16.5. The number of pyridine rings is 1. The average molecular weight is 283 g/mol. The Labute approximate surface area is 125 Å². The predicted molar refractivity (Wildman–Crippen MR) is 82.6 cm³/mol. The highest BCUT2D eigenvalue weighted by Crippen LogP contribution is 2.38. The van der Waals surface area contributed by atoms with Crippen LogP contribution >= 0.6 is 0 Å². The molecule has 2 unspecified atom stereocenters. The van der Waals surface area contributed by atoms with Crippen LogP contribution in [-0.4, -0.2) is 16.7 Å². The standard InChI is InChI=1S/C18H21NO2/c1-12-9-13(2)18(19-11-12)16(20)10-14-7-8-21-17-6-4-3-5-15(14)17/h3-6,9,11,14,16,20H,7-8,10H2,1-2H3. The zero-order chi connectivity index (χ0) is 14.8. The van der Waals surface area contributed by atoms with E-state index < -0.39 is 6.10 Å². The summed E-state index contributed by atoms with van der Waals surface area (Å²) in [5, 5.41) is 10.6. The molecule has 0 saturated carbocycles. The largest absolute Gasteiger partial charge is 0.493 e. The van der Waals surface area contributed by atoms with Crippen LogP contribution in [0.5, 0.6) is 5.75 Å². The van der Waals surface area contributed by atoms with E-state index >= 15 is 0 Å². The van der Waals surface area contributed by atoms with E-state index in [-0.39, 0.29) is 0 Å². The molecule has 1 aliphatic heterocycles. The lowest BCUT2D eigenvalue weighted by molar-refractivity contribution is 0.140. The van der Waals surface area contributed by atoms with Gasteiger partial charge in [-0.1, -0.05) is 24.3 Å². The second kappa shape index (κ2) is 5.86. The van der Waals surface area contributed by atoms with E-state index in [1.165, 1.54) is 5.56 Å². The SMILES string of the molecule is Cc1cnc(C(O)CC2CCOc3ccccc32)c(C)c1. The minimum Gasteiger partial charge on any atom is -0.493 e. The summed E-state index contributed by atoms with van der Waals surface area (Å²) in [5.41, 5.74) is 4.18. The van der Waals surface area contributed by atoms with Gasteiger partial charge in [-0.2, -0.15) is 0 Å². The van der Waals surface area contributed by atoms with Gasteiger partial charge in [-0.25, -0.2) is 0 Å². The number of aliphatic hydroxyl groups is 1. The van der Waals surface area contributed by atoms with E-state index in [1.807, 2.05) is 38.2 Å². The van der Waals surface area contributed by atoms with Gasteiger partial charge in [0, 0.05) is 6.20 Å². The fraction of sp³-hybridized carbons (Fsp3) is 0.389. The molecule has 1 N–H and O–H groups in total. The molecule has 1 aliphatic rings. The number of fused-ring (bicyclic) bond motifs is 1. The third kappa shape index (κ3) is 2.93. The number of ether oxygens (including phenoxy) is 1. The van der Waals surface area contributed by atoms with Crippen molar-refractivity contribution in [1.82, 2.24) is 4.98 Å². The molecular formula is C18H21NO2. The summed E-state index contributed by atoms with van der Waals surface area (Å²) in [7, 11) is 0. The molecule has 2 atom stereocenters. The van der Waals surface area contributed by atoms with E-state index in [9.17, 15) is 5.11 Å². The first-order chi connectivity index (χ1) is 10.1. The molecule has 1 aromatic carbocycles. The second-order valence-corrected chi connectivity index (χ2v) is 5.84. The molecule has 0 spiro atoms. The van der Waals surface area contributed by atoms with Crippen molar-refractivity contribution in [3.63, 3.8) is 0 Å². The number of hydrogen-bond donors (Lipinski definition) is 1. The van der Waals surface area contributed by atoms with Gasteiger partial charge in [-0.3, -0.25) is 4.98 Å². The van der Waals surface area contributed by atoms with Crippen molar-refractivity contribution in [2.75, 3.05) is 6.61 Å². The molecule has 21 heavy (non-hydrogen) atoms. The quantitative estimate of drug-likeness (QED) is 0.934. The molecule has 1 aromatic heterocycles. The summed E-state index contributed by atoms with van der Waals surface area (Å²) in [6.45, 7) is 4.75. The normalized spacial score (nSPS) is 18.7. The third-order valence-corrected chi connectivity index (χ3v) is 4.16. The summed E-state index contributed by atoms with van der Waals surface area (Å²) in [5.74, 6) is 1.28. The molecule has 0 radical (unpaired) electrons. The maximum atomic E-state index is 10.6. The highest BCUT2D eigenvalue weighted by Gasteiger charge is 2.25. The Bertz CT molecular complexity index is 639. The molecule has 110 valence electrons. The van der Waals surface area contributed by atoms with Crippen LogP contribution in [0.25, 0.3) is 0 Å². The Balaban J connectivity index is 1.81. The number of aliphatic hydroxyl groups excluding tert-OH is 1.